The van der Waals surface area contributed by atoms with Crippen molar-refractivity contribution < 1.29 is 4.42 Å². The Morgan fingerprint density at radius 2 is 0.868 bits per heavy atom. The van der Waals surface area contributed by atoms with Gasteiger partial charge >= 0.3 is 0 Å². The lowest BCUT2D eigenvalue weighted by Gasteiger charge is -2.34. The minimum atomic E-state index is -0.587. The van der Waals surface area contributed by atoms with Crippen molar-refractivity contribution in [2.45, 2.75) is 24.7 Å². The van der Waals surface area contributed by atoms with Crippen LogP contribution < -0.4 is 4.90 Å². The fraction of sp³-hybridized carbons (Fsp3) is 0.0541. The van der Waals surface area contributed by atoms with Crippen LogP contribution in [0.25, 0.3) is 88.3 Å². The highest BCUT2D eigenvalue weighted by atomic mass is 16.3. The second-order valence-corrected chi connectivity index (χ2v) is 21.1. The number of rotatable bonds is 8. The lowest BCUT2D eigenvalue weighted by atomic mass is 9.67. The molecule has 0 bridgehead atoms. The highest BCUT2D eigenvalue weighted by Crippen LogP contribution is 2.58. The Morgan fingerprint density at radius 3 is 1.61 bits per heavy atom. The van der Waals surface area contributed by atoms with Gasteiger partial charge in [-0.25, -0.2) is 0 Å². The maximum absolute atomic E-state index is 7.09. The fourth-order valence-corrected chi connectivity index (χ4v) is 13.2. The fourth-order valence-electron chi connectivity index (χ4n) is 13.2. The SMILES string of the molecule is CC1(C)c2ccccc2-c2ccc(N(c3ccccc3)c3cc4c(oc5cccc(-c6ccc7c(c6)C(c6ccccc6)(c6ccccc6)c6ccc(-c8ccc(-c9ccccc9)cc8)cc6-7)c54)c4ccccc34)cc21. The van der Waals surface area contributed by atoms with E-state index in [9.17, 15) is 0 Å². The van der Waals surface area contributed by atoms with Gasteiger partial charge < -0.3 is 9.32 Å². The quantitative estimate of drug-likeness (QED) is 0.151. The Labute approximate surface area is 443 Å². The first-order valence-corrected chi connectivity index (χ1v) is 26.5. The Kier molecular flexibility index (Phi) is 9.86. The molecule has 2 aliphatic carbocycles. The predicted molar refractivity (Wildman–Crippen MR) is 317 cm³/mol. The van der Waals surface area contributed by atoms with Crippen LogP contribution in [0.15, 0.2) is 277 Å². The largest absolute Gasteiger partial charge is 0.455 e. The zero-order valence-corrected chi connectivity index (χ0v) is 42.3. The molecule has 2 heteroatoms. The van der Waals surface area contributed by atoms with Crippen molar-refractivity contribution in [2.75, 3.05) is 4.90 Å². The highest BCUT2D eigenvalue weighted by Gasteiger charge is 2.46. The molecule has 0 unspecified atom stereocenters. The van der Waals surface area contributed by atoms with Crippen molar-refractivity contribution in [3.8, 4) is 55.6 Å². The maximum Gasteiger partial charge on any atom is 0.143 e. The number of furan rings is 1. The van der Waals surface area contributed by atoms with Crippen molar-refractivity contribution in [1.82, 2.24) is 0 Å². The lowest BCUT2D eigenvalue weighted by Crippen LogP contribution is -2.28. The third-order valence-corrected chi connectivity index (χ3v) is 16.7. The van der Waals surface area contributed by atoms with Crippen molar-refractivity contribution in [3.05, 3.63) is 306 Å². The average molecular weight is 970 g/mol. The summed E-state index contributed by atoms with van der Waals surface area (Å²) in [6.45, 7) is 4.72. The third-order valence-electron chi connectivity index (χ3n) is 16.7. The first-order valence-electron chi connectivity index (χ1n) is 26.5. The minimum absolute atomic E-state index is 0.154. The van der Waals surface area contributed by atoms with E-state index < -0.39 is 5.41 Å². The van der Waals surface area contributed by atoms with E-state index in [1.807, 2.05) is 0 Å². The standard InChI is InChI=1S/C74H51NO/c1-73(2)65-32-18-17-28-58(65)59-42-40-56(46-67(59)73)75(55-26-13-6-14-27-55)69-47-64-71-57(31-19-33-70(71)76-72(64)62-30-16-15-29-61(62)69)52-38-41-60-63-44-51(50-36-34-49(35-37-50)48-20-7-3-8-21-48)39-43-66(63)74(68(60)45-52,53-22-9-4-10-23-53)54-24-11-5-12-25-54/h3-47H,1-2H3. The average Bonchev–Trinajstić information content (AvgIpc) is 4.19. The summed E-state index contributed by atoms with van der Waals surface area (Å²) in [7, 11) is 0. The number of fused-ring (bicyclic) bond motifs is 11. The molecule has 76 heavy (non-hydrogen) atoms. The highest BCUT2D eigenvalue weighted by molar-refractivity contribution is 6.22. The molecule has 2 nitrogen and oxygen atoms in total. The Morgan fingerprint density at radius 1 is 0.316 bits per heavy atom. The van der Waals surface area contributed by atoms with Gasteiger partial charge in [0.1, 0.15) is 11.2 Å². The van der Waals surface area contributed by atoms with Gasteiger partial charge in [-0.3, -0.25) is 0 Å². The molecule has 12 aromatic carbocycles. The van der Waals surface area contributed by atoms with E-state index in [1.54, 1.807) is 0 Å². The van der Waals surface area contributed by atoms with Crippen LogP contribution in [0, 0.1) is 0 Å². The molecule has 0 saturated heterocycles. The van der Waals surface area contributed by atoms with Crippen LogP contribution >= 0.6 is 0 Å². The van der Waals surface area contributed by atoms with Crippen LogP contribution in [0.3, 0.4) is 0 Å². The Hall–Kier alpha value is -9.50. The molecule has 1 aromatic heterocycles. The maximum atomic E-state index is 7.09. The smallest absolute Gasteiger partial charge is 0.143 e. The van der Waals surface area contributed by atoms with Crippen LogP contribution in [0.4, 0.5) is 17.1 Å². The molecular weight excluding hydrogens is 919 g/mol. The molecule has 0 N–H and O–H groups in total. The number of para-hydroxylation sites is 1. The van der Waals surface area contributed by atoms with Crippen molar-refractivity contribution in [1.29, 1.82) is 0 Å². The monoisotopic (exact) mass is 969 g/mol. The van der Waals surface area contributed by atoms with Gasteiger partial charge in [0.25, 0.3) is 0 Å². The summed E-state index contributed by atoms with van der Waals surface area (Å²) < 4.78 is 7.09. The topological polar surface area (TPSA) is 16.4 Å². The van der Waals surface area contributed by atoms with Crippen LogP contribution in [0.1, 0.15) is 47.2 Å². The van der Waals surface area contributed by atoms with Crippen molar-refractivity contribution in [3.63, 3.8) is 0 Å². The molecule has 0 spiro atoms. The first-order chi connectivity index (χ1) is 37.4. The van der Waals surface area contributed by atoms with Crippen molar-refractivity contribution >= 4 is 49.8 Å². The van der Waals surface area contributed by atoms with Crippen LogP contribution in [0.2, 0.25) is 0 Å². The minimum Gasteiger partial charge on any atom is -0.455 e. The van der Waals surface area contributed by atoms with Gasteiger partial charge in [0.2, 0.25) is 0 Å². The zero-order valence-electron chi connectivity index (χ0n) is 42.3. The lowest BCUT2D eigenvalue weighted by molar-refractivity contribution is 0.660. The number of hydrogen-bond donors (Lipinski definition) is 0. The van der Waals surface area contributed by atoms with Gasteiger partial charge in [0.05, 0.1) is 11.1 Å². The summed E-state index contributed by atoms with van der Waals surface area (Å²) in [5, 5.41) is 4.39. The van der Waals surface area contributed by atoms with E-state index in [0.717, 1.165) is 60.9 Å². The molecule has 0 atom stereocenters. The van der Waals surface area contributed by atoms with Crippen molar-refractivity contribution in [2.24, 2.45) is 0 Å². The normalized spacial score (nSPS) is 13.6. The molecule has 0 saturated carbocycles. The zero-order chi connectivity index (χ0) is 50.5. The van der Waals surface area contributed by atoms with E-state index in [0.29, 0.717) is 0 Å². The molecule has 13 aromatic rings. The summed E-state index contributed by atoms with van der Waals surface area (Å²) in [5.74, 6) is 0. The first kappa shape index (κ1) is 44.0. The number of nitrogens with zero attached hydrogens (tertiary/aromatic N) is 1. The van der Waals surface area contributed by atoms with Gasteiger partial charge in [0.15, 0.2) is 0 Å². The molecule has 0 amide bonds. The summed E-state index contributed by atoms with van der Waals surface area (Å²) in [6, 6.07) is 101. The summed E-state index contributed by atoms with van der Waals surface area (Å²) in [4.78, 5) is 2.45. The number of anilines is 3. The molecule has 0 aliphatic heterocycles. The molecule has 0 fully saturated rings. The summed E-state index contributed by atoms with van der Waals surface area (Å²) in [6.07, 6.45) is 0. The molecule has 2 aliphatic rings. The second-order valence-electron chi connectivity index (χ2n) is 21.1. The van der Waals surface area contributed by atoms with Crippen LogP contribution in [0.5, 0.6) is 0 Å². The summed E-state index contributed by atoms with van der Waals surface area (Å²) >= 11 is 0. The Bertz CT molecular complexity index is 4360. The number of hydrogen-bond acceptors (Lipinski definition) is 2. The molecule has 1 heterocycles. The van der Waals surface area contributed by atoms with Gasteiger partial charge in [0, 0.05) is 38.3 Å². The predicted octanol–water partition coefficient (Wildman–Crippen LogP) is 19.9. The van der Waals surface area contributed by atoms with E-state index in [1.165, 1.54) is 77.9 Å². The van der Waals surface area contributed by atoms with Crippen LogP contribution in [-0.4, -0.2) is 0 Å². The molecular formula is C74H51NO. The van der Waals surface area contributed by atoms with Gasteiger partial charge in [-0.15, -0.1) is 0 Å². The summed E-state index contributed by atoms with van der Waals surface area (Å²) in [5.41, 5.74) is 24.3. The van der Waals surface area contributed by atoms with E-state index in [4.69, 9.17) is 4.42 Å². The van der Waals surface area contributed by atoms with E-state index >= 15 is 0 Å². The van der Waals surface area contributed by atoms with E-state index in [-0.39, 0.29) is 5.41 Å². The van der Waals surface area contributed by atoms with Crippen LogP contribution in [-0.2, 0) is 10.8 Å². The second kappa shape index (κ2) is 17.0. The Balaban J connectivity index is 0.942. The van der Waals surface area contributed by atoms with Gasteiger partial charge in [-0.2, -0.15) is 0 Å². The molecule has 358 valence electrons. The number of benzene rings is 12. The van der Waals surface area contributed by atoms with Gasteiger partial charge in [-0.05, 0) is 138 Å². The molecule has 0 radical (unpaired) electrons. The molecule has 15 rings (SSSR count). The van der Waals surface area contributed by atoms with E-state index in [2.05, 4.69) is 292 Å². The third kappa shape index (κ3) is 6.53. The van der Waals surface area contributed by atoms with Gasteiger partial charge in [-0.1, -0.05) is 238 Å².